The average Bonchev–Trinajstić information content (AvgIpc) is 3.39. The van der Waals surface area contributed by atoms with Crippen LogP contribution in [-0.4, -0.2) is 32.5 Å². The Balaban J connectivity index is 1.40. The number of rotatable bonds is 6. The maximum atomic E-state index is 12.6. The quantitative estimate of drug-likeness (QED) is 0.334. The number of ether oxygens (including phenoxy) is 1. The third kappa shape index (κ3) is 4.04. The number of carboxylic acid groups (broad SMARTS) is 1. The van der Waals surface area contributed by atoms with Gasteiger partial charge in [0.25, 0.3) is 5.91 Å². The smallest absolute Gasteiger partial charge is 0.344 e. The van der Waals surface area contributed by atoms with E-state index in [2.05, 4.69) is 10.3 Å². The summed E-state index contributed by atoms with van der Waals surface area (Å²) < 4.78 is 7.03. The number of nitrogens with one attached hydrogen (secondary N) is 1. The number of benzene rings is 3. The van der Waals surface area contributed by atoms with Crippen LogP contribution in [0.1, 0.15) is 33.9 Å². The number of aromatic nitrogens is 2. The van der Waals surface area contributed by atoms with Crippen LogP contribution in [0.4, 0.5) is 5.69 Å². The summed E-state index contributed by atoms with van der Waals surface area (Å²) >= 11 is 0. The Bertz CT molecular complexity index is 1460. The van der Waals surface area contributed by atoms with Gasteiger partial charge in [0, 0.05) is 17.3 Å². The highest BCUT2D eigenvalue weighted by Gasteiger charge is 2.26. The third-order valence-electron chi connectivity index (χ3n) is 5.61. The summed E-state index contributed by atoms with van der Waals surface area (Å²) in [5.74, 6) is -1.66. The summed E-state index contributed by atoms with van der Waals surface area (Å²) in [5, 5.41) is 12.2. The number of fused-ring (bicyclic) bond motifs is 2. The minimum absolute atomic E-state index is 0.0955. The molecule has 2 heterocycles. The minimum atomic E-state index is -0.915. The molecular formula is C26H19N3O5. The van der Waals surface area contributed by atoms with Gasteiger partial charge in [0.2, 0.25) is 0 Å². The third-order valence-corrected chi connectivity index (χ3v) is 5.61. The zero-order valence-corrected chi connectivity index (χ0v) is 17.8. The van der Waals surface area contributed by atoms with Crippen molar-refractivity contribution >= 4 is 40.3 Å². The lowest BCUT2D eigenvalue weighted by Crippen LogP contribution is -2.14. The Morgan fingerprint density at radius 1 is 1.03 bits per heavy atom. The van der Waals surface area contributed by atoms with E-state index in [9.17, 15) is 19.5 Å². The number of carbonyl (C=O) groups excluding carboxylic acids is 2. The SMILES string of the molecule is O=C(O)CC(c1ccccc1)n1cnc2cc(NC(=O)C=C3OC(=O)c4ccccc43)ccc21. The molecule has 2 N–H and O–H groups in total. The zero-order valence-electron chi connectivity index (χ0n) is 17.8. The Labute approximate surface area is 194 Å². The number of nitrogens with zero attached hydrogens (tertiary/aromatic N) is 2. The molecule has 3 aromatic carbocycles. The van der Waals surface area contributed by atoms with E-state index in [1.807, 2.05) is 34.9 Å². The minimum Gasteiger partial charge on any atom is -0.481 e. The van der Waals surface area contributed by atoms with Crippen LogP contribution in [0.5, 0.6) is 0 Å². The van der Waals surface area contributed by atoms with Gasteiger partial charge in [0.15, 0.2) is 0 Å². The Morgan fingerprint density at radius 2 is 1.76 bits per heavy atom. The van der Waals surface area contributed by atoms with Crippen LogP contribution in [0.15, 0.2) is 85.2 Å². The molecule has 0 fully saturated rings. The molecule has 1 amide bonds. The molecule has 0 radical (unpaired) electrons. The van der Waals surface area contributed by atoms with Crippen LogP contribution in [0.3, 0.4) is 0 Å². The molecule has 8 heteroatoms. The van der Waals surface area contributed by atoms with Gasteiger partial charge in [-0.25, -0.2) is 9.78 Å². The van der Waals surface area contributed by atoms with Crippen molar-refractivity contribution in [1.82, 2.24) is 9.55 Å². The van der Waals surface area contributed by atoms with Crippen molar-refractivity contribution in [2.45, 2.75) is 12.5 Å². The largest absolute Gasteiger partial charge is 0.481 e. The molecule has 1 aliphatic heterocycles. The molecule has 1 aliphatic rings. The molecule has 1 aromatic heterocycles. The monoisotopic (exact) mass is 453 g/mol. The number of esters is 1. The number of cyclic esters (lactones) is 1. The fourth-order valence-electron chi connectivity index (χ4n) is 4.07. The van der Waals surface area contributed by atoms with Crippen LogP contribution in [-0.2, 0) is 14.3 Å². The van der Waals surface area contributed by atoms with Crippen LogP contribution in [0.25, 0.3) is 16.8 Å². The highest BCUT2D eigenvalue weighted by atomic mass is 16.5. The van der Waals surface area contributed by atoms with Gasteiger partial charge >= 0.3 is 11.9 Å². The van der Waals surface area contributed by atoms with Gasteiger partial charge in [0.05, 0.1) is 35.4 Å². The summed E-state index contributed by atoms with van der Waals surface area (Å²) in [7, 11) is 0. The number of aliphatic carboxylic acids is 1. The fraction of sp³-hybridized carbons (Fsp3) is 0.0769. The molecule has 5 rings (SSSR count). The highest BCUT2D eigenvalue weighted by molar-refractivity contribution is 6.10. The highest BCUT2D eigenvalue weighted by Crippen LogP contribution is 2.30. The number of anilines is 1. The van der Waals surface area contributed by atoms with Crippen LogP contribution in [0, 0.1) is 0 Å². The van der Waals surface area contributed by atoms with E-state index in [1.54, 1.807) is 48.8 Å². The number of amides is 1. The first-order valence-corrected chi connectivity index (χ1v) is 10.6. The Morgan fingerprint density at radius 3 is 2.53 bits per heavy atom. The number of hydrogen-bond donors (Lipinski definition) is 2. The summed E-state index contributed by atoms with van der Waals surface area (Å²) in [4.78, 5) is 40.4. The maximum absolute atomic E-state index is 12.6. The van der Waals surface area contributed by atoms with Gasteiger partial charge in [-0.3, -0.25) is 9.59 Å². The van der Waals surface area contributed by atoms with Crippen molar-refractivity contribution in [2.24, 2.45) is 0 Å². The second-order valence-corrected chi connectivity index (χ2v) is 7.81. The van der Waals surface area contributed by atoms with Gasteiger partial charge in [-0.05, 0) is 29.8 Å². The van der Waals surface area contributed by atoms with E-state index >= 15 is 0 Å². The Hall–Kier alpha value is -4.72. The lowest BCUT2D eigenvalue weighted by molar-refractivity contribution is -0.137. The van der Waals surface area contributed by atoms with Gasteiger partial charge in [-0.1, -0.05) is 48.5 Å². The predicted octanol–water partition coefficient (Wildman–Crippen LogP) is 4.25. The molecule has 0 aliphatic carbocycles. The molecule has 1 atom stereocenters. The van der Waals surface area contributed by atoms with E-state index in [0.29, 0.717) is 22.3 Å². The topological polar surface area (TPSA) is 111 Å². The Kier molecular flexibility index (Phi) is 5.39. The molecule has 4 aromatic rings. The van der Waals surface area contributed by atoms with Crippen molar-refractivity contribution in [3.8, 4) is 0 Å². The molecule has 0 saturated carbocycles. The fourth-order valence-corrected chi connectivity index (χ4v) is 4.07. The summed E-state index contributed by atoms with van der Waals surface area (Å²) in [6.07, 6.45) is 2.75. The summed E-state index contributed by atoms with van der Waals surface area (Å²) in [6.45, 7) is 0. The zero-order chi connectivity index (χ0) is 23.7. The average molecular weight is 453 g/mol. The number of imidazole rings is 1. The number of hydrogen-bond acceptors (Lipinski definition) is 5. The summed E-state index contributed by atoms with van der Waals surface area (Å²) in [5.41, 5.74) is 3.70. The van der Waals surface area contributed by atoms with Crippen LogP contribution < -0.4 is 5.32 Å². The maximum Gasteiger partial charge on any atom is 0.344 e. The molecule has 8 nitrogen and oxygen atoms in total. The molecule has 0 spiro atoms. The standard InChI is InChI=1S/C26H19N3O5/c30-24(14-23-18-8-4-5-9-19(18)26(33)34-23)28-17-10-11-21-20(12-17)27-15-29(21)22(13-25(31)32)16-6-2-1-3-7-16/h1-12,14-15,22H,13H2,(H,28,30)(H,31,32). The molecular weight excluding hydrogens is 434 g/mol. The first kappa shape index (κ1) is 21.1. The van der Waals surface area contributed by atoms with E-state index < -0.39 is 23.9 Å². The van der Waals surface area contributed by atoms with E-state index in [1.165, 1.54) is 6.08 Å². The lowest BCUT2D eigenvalue weighted by atomic mass is 10.0. The van der Waals surface area contributed by atoms with Gasteiger partial charge in [-0.15, -0.1) is 0 Å². The van der Waals surface area contributed by atoms with E-state index in [0.717, 1.165) is 11.1 Å². The van der Waals surface area contributed by atoms with Crippen LogP contribution >= 0.6 is 0 Å². The van der Waals surface area contributed by atoms with Gasteiger partial charge in [-0.2, -0.15) is 0 Å². The molecule has 0 bridgehead atoms. The van der Waals surface area contributed by atoms with Crippen molar-refractivity contribution in [2.75, 3.05) is 5.32 Å². The normalized spacial score (nSPS) is 14.6. The number of carbonyl (C=O) groups is 3. The molecule has 0 saturated heterocycles. The van der Waals surface area contributed by atoms with Crippen LogP contribution in [0.2, 0.25) is 0 Å². The molecule has 1 unspecified atom stereocenters. The van der Waals surface area contributed by atoms with Gasteiger partial charge in [0.1, 0.15) is 5.76 Å². The molecule has 168 valence electrons. The molecule has 34 heavy (non-hydrogen) atoms. The van der Waals surface area contributed by atoms with Crippen molar-refractivity contribution in [3.05, 3.63) is 102 Å². The lowest BCUT2D eigenvalue weighted by Gasteiger charge is -2.18. The van der Waals surface area contributed by atoms with Crippen molar-refractivity contribution in [1.29, 1.82) is 0 Å². The number of carboxylic acids is 1. The van der Waals surface area contributed by atoms with Crippen molar-refractivity contribution in [3.63, 3.8) is 0 Å². The second-order valence-electron chi connectivity index (χ2n) is 7.81. The summed E-state index contributed by atoms with van der Waals surface area (Å²) in [6, 6.07) is 21.0. The first-order valence-electron chi connectivity index (χ1n) is 10.6. The predicted molar refractivity (Wildman–Crippen MR) is 125 cm³/mol. The van der Waals surface area contributed by atoms with Gasteiger partial charge < -0.3 is 19.7 Å². The first-order chi connectivity index (χ1) is 16.5. The van der Waals surface area contributed by atoms with E-state index in [4.69, 9.17) is 4.74 Å². The van der Waals surface area contributed by atoms with E-state index in [-0.39, 0.29) is 12.2 Å². The second kappa shape index (κ2) is 8.67. The van der Waals surface area contributed by atoms with Crippen molar-refractivity contribution < 1.29 is 24.2 Å².